The van der Waals surface area contributed by atoms with Crippen LogP contribution >= 0.6 is 0 Å². The highest BCUT2D eigenvalue weighted by Gasteiger charge is 2.03. The summed E-state index contributed by atoms with van der Waals surface area (Å²) in [5, 5.41) is 11.6. The van der Waals surface area contributed by atoms with Crippen molar-refractivity contribution in [3.8, 4) is 0 Å². The minimum absolute atomic E-state index is 0.0345. The van der Waals surface area contributed by atoms with Crippen molar-refractivity contribution >= 4 is 5.91 Å². The molecule has 1 rings (SSSR count). The molecule has 82 valence electrons. The number of aryl methyl sites for hydroxylation is 1. The molecule has 1 unspecified atom stereocenters. The fourth-order valence-corrected chi connectivity index (χ4v) is 1.16. The number of nitrogens with zero attached hydrogens (tertiary/aromatic N) is 1. The van der Waals surface area contributed by atoms with Gasteiger partial charge in [-0.1, -0.05) is 0 Å². The van der Waals surface area contributed by atoms with Crippen LogP contribution in [0.5, 0.6) is 0 Å². The Morgan fingerprint density at radius 2 is 2.20 bits per heavy atom. The van der Waals surface area contributed by atoms with Crippen LogP contribution in [0.4, 0.5) is 0 Å². The smallest absolute Gasteiger partial charge is 0.220 e. The minimum atomic E-state index is -0.491. The zero-order chi connectivity index (χ0) is 11.1. The van der Waals surface area contributed by atoms with Gasteiger partial charge in [0.25, 0.3) is 0 Å². The van der Waals surface area contributed by atoms with Crippen molar-refractivity contribution in [3.63, 3.8) is 0 Å². The van der Waals surface area contributed by atoms with Gasteiger partial charge in [0.15, 0.2) is 0 Å². The number of aliphatic hydroxyl groups excluding tert-OH is 1. The van der Waals surface area contributed by atoms with Gasteiger partial charge < -0.3 is 10.4 Å². The summed E-state index contributed by atoms with van der Waals surface area (Å²) in [6.07, 6.45) is 4.08. The summed E-state index contributed by atoms with van der Waals surface area (Å²) in [7, 11) is 0. The third kappa shape index (κ3) is 5.12. The molecule has 4 heteroatoms. The number of nitrogens with one attached hydrogen (secondary N) is 1. The fourth-order valence-electron chi connectivity index (χ4n) is 1.16. The van der Waals surface area contributed by atoms with Crippen molar-refractivity contribution in [1.29, 1.82) is 0 Å². The number of aliphatic hydroxyl groups is 1. The summed E-state index contributed by atoms with van der Waals surface area (Å²) >= 11 is 0. The Bertz CT molecular complexity index is 299. The molecule has 1 atom stereocenters. The van der Waals surface area contributed by atoms with E-state index in [1.165, 1.54) is 0 Å². The molecule has 0 saturated heterocycles. The van der Waals surface area contributed by atoms with E-state index in [1.54, 1.807) is 19.3 Å². The van der Waals surface area contributed by atoms with Gasteiger partial charge in [0.05, 0.1) is 6.10 Å². The van der Waals surface area contributed by atoms with Gasteiger partial charge in [-0.2, -0.15) is 0 Å². The number of pyridine rings is 1. The average molecular weight is 208 g/mol. The van der Waals surface area contributed by atoms with E-state index in [-0.39, 0.29) is 5.91 Å². The number of amides is 1. The summed E-state index contributed by atoms with van der Waals surface area (Å²) in [4.78, 5) is 15.2. The summed E-state index contributed by atoms with van der Waals surface area (Å²) in [5.74, 6) is -0.0345. The molecule has 0 spiro atoms. The number of carbonyl (C=O) groups excluding carboxylic acids is 1. The predicted octanol–water partition coefficient (Wildman–Crippen LogP) is 0.511. The number of hydrogen-bond donors (Lipinski definition) is 2. The summed E-state index contributed by atoms with van der Waals surface area (Å²) in [6, 6.07) is 3.78. The fraction of sp³-hybridized carbons (Fsp3) is 0.455. The van der Waals surface area contributed by atoms with Gasteiger partial charge in [-0.15, -0.1) is 0 Å². The van der Waals surface area contributed by atoms with Crippen molar-refractivity contribution in [2.45, 2.75) is 25.9 Å². The molecule has 1 amide bonds. The summed E-state index contributed by atoms with van der Waals surface area (Å²) in [6.45, 7) is 1.96. The highest BCUT2D eigenvalue weighted by atomic mass is 16.3. The first kappa shape index (κ1) is 11.7. The van der Waals surface area contributed by atoms with Gasteiger partial charge in [0.1, 0.15) is 0 Å². The molecule has 0 radical (unpaired) electrons. The topological polar surface area (TPSA) is 62.2 Å². The highest BCUT2D eigenvalue weighted by molar-refractivity contribution is 5.76. The highest BCUT2D eigenvalue weighted by Crippen LogP contribution is 2.00. The predicted molar refractivity (Wildman–Crippen MR) is 57.2 cm³/mol. The molecule has 0 aromatic carbocycles. The number of rotatable bonds is 5. The van der Waals surface area contributed by atoms with Crippen LogP contribution in [-0.4, -0.2) is 28.6 Å². The van der Waals surface area contributed by atoms with E-state index in [9.17, 15) is 4.79 Å². The van der Waals surface area contributed by atoms with Gasteiger partial charge in [-0.25, -0.2) is 0 Å². The minimum Gasteiger partial charge on any atom is -0.392 e. The Balaban J connectivity index is 2.23. The van der Waals surface area contributed by atoms with E-state index < -0.39 is 6.10 Å². The lowest BCUT2D eigenvalue weighted by atomic mass is 10.1. The molecule has 0 bridgehead atoms. The van der Waals surface area contributed by atoms with Crippen molar-refractivity contribution in [3.05, 3.63) is 30.1 Å². The molecule has 4 nitrogen and oxygen atoms in total. The maximum Gasteiger partial charge on any atom is 0.220 e. The average Bonchev–Trinajstić information content (AvgIpc) is 2.25. The molecule has 2 N–H and O–H groups in total. The lowest BCUT2D eigenvalue weighted by Gasteiger charge is -2.06. The summed E-state index contributed by atoms with van der Waals surface area (Å²) in [5.41, 5.74) is 1.09. The zero-order valence-electron chi connectivity index (χ0n) is 8.81. The van der Waals surface area contributed by atoms with Crippen molar-refractivity contribution in [2.24, 2.45) is 0 Å². The van der Waals surface area contributed by atoms with E-state index >= 15 is 0 Å². The molecule has 0 aliphatic carbocycles. The molecule has 0 aliphatic rings. The summed E-state index contributed by atoms with van der Waals surface area (Å²) < 4.78 is 0. The second kappa shape index (κ2) is 6.14. The normalized spacial score (nSPS) is 12.1. The van der Waals surface area contributed by atoms with Crippen LogP contribution < -0.4 is 5.32 Å². The van der Waals surface area contributed by atoms with Gasteiger partial charge in [0.2, 0.25) is 5.91 Å². The van der Waals surface area contributed by atoms with Gasteiger partial charge in [-0.3, -0.25) is 9.78 Å². The maximum atomic E-state index is 11.3. The van der Waals surface area contributed by atoms with E-state index in [2.05, 4.69) is 10.3 Å². The first-order valence-corrected chi connectivity index (χ1v) is 5.02. The van der Waals surface area contributed by atoms with Crippen molar-refractivity contribution in [2.75, 3.05) is 6.54 Å². The van der Waals surface area contributed by atoms with Crippen LogP contribution in [0.25, 0.3) is 0 Å². The van der Waals surface area contributed by atoms with Crippen LogP contribution in [0, 0.1) is 0 Å². The Hall–Kier alpha value is -1.42. The van der Waals surface area contributed by atoms with Crippen LogP contribution in [0.2, 0.25) is 0 Å². The van der Waals surface area contributed by atoms with Gasteiger partial charge in [-0.05, 0) is 31.0 Å². The largest absolute Gasteiger partial charge is 0.392 e. The number of carbonyl (C=O) groups is 1. The molecule has 15 heavy (non-hydrogen) atoms. The van der Waals surface area contributed by atoms with Crippen molar-refractivity contribution < 1.29 is 9.90 Å². The second-order valence-electron chi connectivity index (χ2n) is 3.51. The molecule has 0 aliphatic heterocycles. The Labute approximate surface area is 89.3 Å². The zero-order valence-corrected chi connectivity index (χ0v) is 8.81. The molecule has 0 saturated carbocycles. The van der Waals surface area contributed by atoms with E-state index in [0.29, 0.717) is 19.4 Å². The Morgan fingerprint density at radius 1 is 1.53 bits per heavy atom. The monoisotopic (exact) mass is 208 g/mol. The van der Waals surface area contributed by atoms with E-state index in [4.69, 9.17) is 5.11 Å². The first-order chi connectivity index (χ1) is 7.18. The quantitative estimate of drug-likeness (QED) is 0.741. The lowest BCUT2D eigenvalue weighted by Crippen LogP contribution is -2.30. The van der Waals surface area contributed by atoms with Crippen LogP contribution in [0.1, 0.15) is 18.9 Å². The third-order valence-electron chi connectivity index (χ3n) is 1.98. The van der Waals surface area contributed by atoms with E-state index in [1.807, 2.05) is 12.1 Å². The van der Waals surface area contributed by atoms with Crippen LogP contribution in [0.15, 0.2) is 24.5 Å². The molecular formula is C11H16N2O2. The lowest BCUT2D eigenvalue weighted by molar-refractivity contribution is -0.121. The molecule has 1 heterocycles. The first-order valence-electron chi connectivity index (χ1n) is 5.02. The maximum absolute atomic E-state index is 11.3. The molecule has 1 aromatic heterocycles. The second-order valence-corrected chi connectivity index (χ2v) is 3.51. The molecular weight excluding hydrogens is 192 g/mol. The number of hydrogen-bond acceptors (Lipinski definition) is 3. The van der Waals surface area contributed by atoms with Crippen LogP contribution in [0.3, 0.4) is 0 Å². The van der Waals surface area contributed by atoms with Gasteiger partial charge >= 0.3 is 0 Å². The van der Waals surface area contributed by atoms with Crippen molar-refractivity contribution in [1.82, 2.24) is 10.3 Å². The molecule has 1 aromatic rings. The van der Waals surface area contributed by atoms with Gasteiger partial charge in [0, 0.05) is 25.4 Å². The standard InChI is InChI=1S/C11H16N2O2/c1-9(14)8-13-11(15)3-2-10-4-6-12-7-5-10/h4-7,9,14H,2-3,8H2,1H3,(H,13,15). The van der Waals surface area contributed by atoms with E-state index in [0.717, 1.165) is 5.56 Å². The third-order valence-corrected chi connectivity index (χ3v) is 1.98. The van der Waals surface area contributed by atoms with Crippen LogP contribution in [-0.2, 0) is 11.2 Å². The Kier molecular flexibility index (Phi) is 4.77. The molecule has 0 fully saturated rings. The number of aromatic nitrogens is 1. The Morgan fingerprint density at radius 3 is 2.80 bits per heavy atom. The SMILES string of the molecule is CC(O)CNC(=O)CCc1ccncc1.